The number of aliphatic hydroxyl groups excluding tert-OH is 1. The average molecular weight is 368 g/mol. The van der Waals surface area contributed by atoms with E-state index in [1.165, 1.54) is 6.07 Å². The summed E-state index contributed by atoms with van der Waals surface area (Å²) in [5.74, 6) is 0. The second-order valence-corrected chi connectivity index (χ2v) is 7.46. The predicted molar refractivity (Wildman–Crippen MR) is 63.8 cm³/mol. The third kappa shape index (κ3) is 4.50. The number of aliphatic hydroxyl groups is 1. The topological polar surface area (TPSA) is 66.4 Å². The van der Waals surface area contributed by atoms with Crippen molar-refractivity contribution in [2.24, 2.45) is 0 Å². The van der Waals surface area contributed by atoms with Crippen molar-refractivity contribution in [3.05, 3.63) is 14.7 Å². The lowest BCUT2D eigenvalue weighted by molar-refractivity contribution is -0.132. The molecule has 1 aromatic heterocycles. The van der Waals surface area contributed by atoms with E-state index in [1.54, 1.807) is 0 Å². The molecule has 0 radical (unpaired) electrons. The highest BCUT2D eigenvalue weighted by Gasteiger charge is 2.28. The lowest BCUT2D eigenvalue weighted by Crippen LogP contribution is -2.28. The van der Waals surface area contributed by atoms with Crippen molar-refractivity contribution >= 4 is 37.3 Å². The Hall–Kier alpha value is -0.160. The Balaban J connectivity index is 2.77. The Morgan fingerprint density at radius 2 is 2.06 bits per heavy atom. The van der Waals surface area contributed by atoms with Crippen LogP contribution in [-0.4, -0.2) is 26.2 Å². The van der Waals surface area contributed by atoms with Crippen LogP contribution in [0.2, 0.25) is 0 Å². The second-order valence-electron chi connectivity index (χ2n) is 3.27. The first-order chi connectivity index (χ1) is 8.15. The van der Waals surface area contributed by atoms with Gasteiger partial charge in [-0.2, -0.15) is 13.2 Å². The first-order valence-electron chi connectivity index (χ1n) is 4.61. The molecule has 0 unspecified atom stereocenters. The smallest absolute Gasteiger partial charge is 0.390 e. The Bertz CT molecular complexity index is 512. The highest BCUT2D eigenvalue weighted by Crippen LogP contribution is 2.31. The molecule has 1 aromatic rings. The van der Waals surface area contributed by atoms with E-state index in [0.29, 0.717) is 4.88 Å². The van der Waals surface area contributed by atoms with E-state index in [4.69, 9.17) is 5.11 Å². The van der Waals surface area contributed by atoms with Gasteiger partial charge in [0.05, 0.1) is 16.8 Å². The molecule has 0 saturated heterocycles. The fraction of sp³-hybridized carbons (Fsp3) is 0.500. The maximum absolute atomic E-state index is 11.9. The number of sulfonamides is 1. The molecule has 0 atom stereocenters. The standard InChI is InChI=1S/C8H9BrF3NO3S2/c9-7-6(3-5(4-14)17-7)18(15,16)13-2-1-8(10,11)12/h3,13-14H,1-2,4H2. The van der Waals surface area contributed by atoms with Crippen LogP contribution in [-0.2, 0) is 16.6 Å². The predicted octanol–water partition coefficient (Wildman–Crippen LogP) is 2.23. The maximum Gasteiger partial charge on any atom is 0.390 e. The van der Waals surface area contributed by atoms with E-state index in [0.717, 1.165) is 11.3 Å². The van der Waals surface area contributed by atoms with Crippen LogP contribution in [0.25, 0.3) is 0 Å². The van der Waals surface area contributed by atoms with Gasteiger partial charge in [-0.3, -0.25) is 0 Å². The van der Waals surface area contributed by atoms with Gasteiger partial charge in [-0.15, -0.1) is 11.3 Å². The molecule has 0 aliphatic heterocycles. The van der Waals surface area contributed by atoms with Crippen molar-refractivity contribution in [2.45, 2.75) is 24.1 Å². The molecule has 10 heteroatoms. The van der Waals surface area contributed by atoms with Gasteiger partial charge in [0.1, 0.15) is 4.90 Å². The highest BCUT2D eigenvalue weighted by atomic mass is 79.9. The van der Waals surface area contributed by atoms with Crippen LogP contribution in [0, 0.1) is 0 Å². The summed E-state index contributed by atoms with van der Waals surface area (Å²) in [6.07, 6.45) is -5.65. The van der Waals surface area contributed by atoms with E-state index in [2.05, 4.69) is 15.9 Å². The van der Waals surface area contributed by atoms with Crippen molar-refractivity contribution in [3.63, 3.8) is 0 Å². The molecule has 0 aromatic carbocycles. The van der Waals surface area contributed by atoms with E-state index in [1.807, 2.05) is 4.72 Å². The Morgan fingerprint density at radius 1 is 1.44 bits per heavy atom. The lowest BCUT2D eigenvalue weighted by atomic mass is 10.4. The molecular formula is C8H9BrF3NO3S2. The molecule has 0 saturated carbocycles. The molecule has 1 rings (SSSR count). The number of hydrogen-bond donors (Lipinski definition) is 2. The summed E-state index contributed by atoms with van der Waals surface area (Å²) >= 11 is 4.00. The second kappa shape index (κ2) is 5.87. The van der Waals surface area contributed by atoms with Gasteiger partial charge in [-0.05, 0) is 22.0 Å². The number of rotatable bonds is 5. The van der Waals surface area contributed by atoms with Gasteiger partial charge >= 0.3 is 6.18 Å². The van der Waals surface area contributed by atoms with Crippen molar-refractivity contribution < 1.29 is 26.7 Å². The molecule has 0 spiro atoms. The highest BCUT2D eigenvalue weighted by molar-refractivity contribution is 9.11. The lowest BCUT2D eigenvalue weighted by Gasteiger charge is -2.07. The van der Waals surface area contributed by atoms with Crippen molar-refractivity contribution in [2.75, 3.05) is 6.54 Å². The van der Waals surface area contributed by atoms with Crippen LogP contribution < -0.4 is 4.72 Å². The van der Waals surface area contributed by atoms with Gasteiger partial charge < -0.3 is 5.11 Å². The minimum absolute atomic E-state index is 0.168. The number of nitrogens with one attached hydrogen (secondary N) is 1. The van der Waals surface area contributed by atoms with Gasteiger partial charge in [0.25, 0.3) is 0 Å². The summed E-state index contributed by atoms with van der Waals surface area (Å²) in [6, 6.07) is 1.21. The van der Waals surface area contributed by atoms with Crippen LogP contribution in [0.4, 0.5) is 13.2 Å². The van der Waals surface area contributed by atoms with Crippen LogP contribution in [0.5, 0.6) is 0 Å². The largest absolute Gasteiger partial charge is 0.391 e. The Morgan fingerprint density at radius 3 is 2.50 bits per heavy atom. The van der Waals surface area contributed by atoms with Crippen LogP contribution in [0.1, 0.15) is 11.3 Å². The fourth-order valence-electron chi connectivity index (χ4n) is 1.06. The minimum atomic E-state index is -4.41. The summed E-state index contributed by atoms with van der Waals surface area (Å²) in [4.78, 5) is 0.233. The van der Waals surface area contributed by atoms with Crippen molar-refractivity contribution in [3.8, 4) is 0 Å². The van der Waals surface area contributed by atoms with E-state index in [9.17, 15) is 21.6 Å². The Labute approximate surface area is 114 Å². The molecule has 0 aliphatic carbocycles. The van der Waals surface area contributed by atoms with Gasteiger partial charge in [0.2, 0.25) is 10.0 Å². The van der Waals surface area contributed by atoms with E-state index < -0.39 is 29.2 Å². The minimum Gasteiger partial charge on any atom is -0.391 e. The SMILES string of the molecule is O=S(=O)(NCCC(F)(F)F)c1cc(CO)sc1Br. The Kier molecular flexibility index (Phi) is 5.18. The molecule has 0 aliphatic rings. The summed E-state index contributed by atoms with van der Waals surface area (Å²) in [6.45, 7) is -1.05. The van der Waals surface area contributed by atoms with Crippen LogP contribution >= 0.6 is 27.3 Å². The van der Waals surface area contributed by atoms with Crippen LogP contribution in [0.3, 0.4) is 0 Å². The third-order valence-corrected chi connectivity index (χ3v) is 5.55. The molecule has 0 amide bonds. The number of hydrogen-bond acceptors (Lipinski definition) is 4. The molecule has 104 valence electrons. The molecule has 0 bridgehead atoms. The number of thiophene rings is 1. The fourth-order valence-corrected chi connectivity index (χ4v) is 4.64. The quantitative estimate of drug-likeness (QED) is 0.838. The van der Waals surface area contributed by atoms with Crippen molar-refractivity contribution in [1.29, 1.82) is 0 Å². The summed E-state index contributed by atoms with van der Waals surface area (Å²) in [7, 11) is -4.00. The third-order valence-electron chi connectivity index (χ3n) is 1.85. The molecule has 4 nitrogen and oxygen atoms in total. The zero-order chi connectivity index (χ0) is 14.0. The number of halogens is 4. The molecule has 2 N–H and O–H groups in total. The van der Waals surface area contributed by atoms with Gasteiger partial charge in [-0.1, -0.05) is 0 Å². The normalized spacial score (nSPS) is 12.9. The molecule has 18 heavy (non-hydrogen) atoms. The van der Waals surface area contributed by atoms with Gasteiger partial charge in [0, 0.05) is 11.4 Å². The first kappa shape index (κ1) is 15.9. The zero-order valence-corrected chi connectivity index (χ0v) is 12.0. The first-order valence-corrected chi connectivity index (χ1v) is 7.70. The molecule has 1 heterocycles. The number of alkyl halides is 3. The molecular weight excluding hydrogens is 359 g/mol. The van der Waals surface area contributed by atoms with Crippen molar-refractivity contribution in [1.82, 2.24) is 4.72 Å². The zero-order valence-electron chi connectivity index (χ0n) is 8.79. The van der Waals surface area contributed by atoms with Gasteiger partial charge in [0.15, 0.2) is 0 Å². The van der Waals surface area contributed by atoms with E-state index >= 15 is 0 Å². The molecule has 0 fully saturated rings. The average Bonchev–Trinajstić information content (AvgIpc) is 2.58. The van der Waals surface area contributed by atoms with Gasteiger partial charge in [-0.25, -0.2) is 13.1 Å². The summed E-state index contributed by atoms with van der Waals surface area (Å²) in [5.41, 5.74) is 0. The summed E-state index contributed by atoms with van der Waals surface area (Å²) in [5, 5.41) is 8.85. The van der Waals surface area contributed by atoms with Crippen LogP contribution in [0.15, 0.2) is 14.7 Å². The monoisotopic (exact) mass is 367 g/mol. The maximum atomic E-state index is 11.9. The van der Waals surface area contributed by atoms with E-state index in [-0.39, 0.29) is 15.3 Å². The summed E-state index contributed by atoms with van der Waals surface area (Å²) < 4.78 is 61.2.